The van der Waals surface area contributed by atoms with Gasteiger partial charge in [-0.15, -0.1) is 0 Å². The predicted molar refractivity (Wildman–Crippen MR) is 60.6 cm³/mol. The summed E-state index contributed by atoms with van der Waals surface area (Å²) >= 11 is 0. The van der Waals surface area contributed by atoms with E-state index in [0.29, 0.717) is 0 Å². The molecule has 1 aliphatic rings. The first kappa shape index (κ1) is 11.6. The topological polar surface area (TPSA) is 78.0 Å². The molecular formula is C10H17N3O2S. The number of rotatable bonds is 2. The standard InChI is InChI=1S/C10H17N3O2S/c1-7(2)9-12-10(16(11,14)15)8-5-3-4-6-13(8)9/h7H,3-6H2,1-2H3,(H2,11,14,15). The van der Waals surface area contributed by atoms with Gasteiger partial charge in [0.1, 0.15) is 5.82 Å². The molecule has 0 saturated carbocycles. The summed E-state index contributed by atoms with van der Waals surface area (Å²) in [5.74, 6) is 1.05. The summed E-state index contributed by atoms with van der Waals surface area (Å²) in [7, 11) is -3.69. The molecule has 1 aromatic heterocycles. The predicted octanol–water partition coefficient (Wildman–Crippen LogP) is 0.990. The van der Waals surface area contributed by atoms with Crippen molar-refractivity contribution in [1.29, 1.82) is 0 Å². The Morgan fingerprint density at radius 1 is 1.38 bits per heavy atom. The SMILES string of the molecule is CC(C)c1nc(S(N)(=O)=O)c2n1CCCC2. The van der Waals surface area contributed by atoms with Crippen LogP contribution in [0, 0.1) is 0 Å². The van der Waals surface area contributed by atoms with Crippen LogP contribution in [0.25, 0.3) is 0 Å². The minimum Gasteiger partial charge on any atom is -0.330 e. The molecule has 0 aromatic carbocycles. The molecule has 2 heterocycles. The maximum atomic E-state index is 11.4. The van der Waals surface area contributed by atoms with E-state index < -0.39 is 10.0 Å². The van der Waals surface area contributed by atoms with Crippen molar-refractivity contribution in [1.82, 2.24) is 9.55 Å². The minimum absolute atomic E-state index is 0.0795. The lowest BCUT2D eigenvalue weighted by Crippen LogP contribution is -2.18. The fourth-order valence-corrected chi connectivity index (χ4v) is 2.97. The van der Waals surface area contributed by atoms with Gasteiger partial charge in [-0.2, -0.15) is 0 Å². The highest BCUT2D eigenvalue weighted by molar-refractivity contribution is 7.89. The summed E-state index contributed by atoms with van der Waals surface area (Å²) < 4.78 is 24.9. The zero-order valence-electron chi connectivity index (χ0n) is 9.60. The fourth-order valence-electron chi connectivity index (χ4n) is 2.21. The van der Waals surface area contributed by atoms with Crippen LogP contribution in [0.1, 0.15) is 44.1 Å². The van der Waals surface area contributed by atoms with E-state index in [4.69, 9.17) is 5.14 Å². The Balaban J connectivity index is 2.64. The fraction of sp³-hybridized carbons (Fsp3) is 0.700. The highest BCUT2D eigenvalue weighted by Gasteiger charge is 2.26. The lowest BCUT2D eigenvalue weighted by Gasteiger charge is -2.18. The first-order valence-electron chi connectivity index (χ1n) is 5.53. The molecule has 0 atom stereocenters. The van der Waals surface area contributed by atoms with Gasteiger partial charge in [-0.25, -0.2) is 18.5 Å². The highest BCUT2D eigenvalue weighted by Crippen LogP contribution is 2.26. The van der Waals surface area contributed by atoms with Gasteiger partial charge in [0.25, 0.3) is 10.0 Å². The lowest BCUT2D eigenvalue weighted by atomic mass is 10.1. The van der Waals surface area contributed by atoms with Crippen LogP contribution in [0.2, 0.25) is 0 Å². The molecule has 16 heavy (non-hydrogen) atoms. The van der Waals surface area contributed by atoms with Crippen molar-refractivity contribution in [2.75, 3.05) is 0 Å². The monoisotopic (exact) mass is 243 g/mol. The molecule has 0 bridgehead atoms. The molecule has 0 unspecified atom stereocenters. The second-order valence-electron chi connectivity index (χ2n) is 4.53. The van der Waals surface area contributed by atoms with Crippen molar-refractivity contribution >= 4 is 10.0 Å². The number of sulfonamides is 1. The Labute approximate surface area is 95.7 Å². The zero-order valence-corrected chi connectivity index (χ0v) is 10.4. The molecular weight excluding hydrogens is 226 g/mol. The number of nitrogens with zero attached hydrogens (tertiary/aromatic N) is 2. The molecule has 2 rings (SSSR count). The lowest BCUT2D eigenvalue weighted by molar-refractivity contribution is 0.500. The molecule has 0 fully saturated rings. The van der Waals surface area contributed by atoms with E-state index in [2.05, 4.69) is 4.98 Å². The maximum Gasteiger partial charge on any atom is 0.257 e. The molecule has 1 aromatic rings. The molecule has 0 saturated heterocycles. The van der Waals surface area contributed by atoms with Crippen molar-refractivity contribution < 1.29 is 8.42 Å². The summed E-state index contributed by atoms with van der Waals surface area (Å²) in [6.07, 6.45) is 2.84. The Morgan fingerprint density at radius 3 is 2.62 bits per heavy atom. The van der Waals surface area contributed by atoms with Crippen LogP contribution in [0.3, 0.4) is 0 Å². The first-order chi connectivity index (χ1) is 7.41. The van der Waals surface area contributed by atoms with Crippen LogP contribution < -0.4 is 5.14 Å². The number of primary sulfonamides is 1. The molecule has 5 nitrogen and oxygen atoms in total. The van der Waals surface area contributed by atoms with E-state index in [9.17, 15) is 8.42 Å². The van der Waals surface area contributed by atoms with Crippen molar-refractivity contribution in [2.24, 2.45) is 5.14 Å². The summed E-state index contributed by atoms with van der Waals surface area (Å²) in [5.41, 5.74) is 0.789. The number of hydrogen-bond acceptors (Lipinski definition) is 3. The number of aromatic nitrogens is 2. The van der Waals surface area contributed by atoms with Gasteiger partial charge in [-0.1, -0.05) is 13.8 Å². The summed E-state index contributed by atoms with van der Waals surface area (Å²) in [6, 6.07) is 0. The van der Waals surface area contributed by atoms with Crippen molar-refractivity contribution in [2.45, 2.75) is 50.6 Å². The summed E-state index contributed by atoms with van der Waals surface area (Å²) in [6.45, 7) is 4.87. The van der Waals surface area contributed by atoms with Gasteiger partial charge in [0.05, 0.1) is 5.69 Å². The van der Waals surface area contributed by atoms with E-state index in [1.807, 2.05) is 18.4 Å². The second-order valence-corrected chi connectivity index (χ2v) is 6.01. The van der Waals surface area contributed by atoms with Crippen LogP contribution in [0.5, 0.6) is 0 Å². The Kier molecular flexibility index (Phi) is 2.79. The van der Waals surface area contributed by atoms with Crippen LogP contribution in [0.4, 0.5) is 0 Å². The van der Waals surface area contributed by atoms with Crippen LogP contribution >= 0.6 is 0 Å². The Bertz CT molecular complexity index is 502. The maximum absolute atomic E-state index is 11.4. The van der Waals surface area contributed by atoms with E-state index in [1.165, 1.54) is 0 Å². The average Bonchev–Trinajstić information content (AvgIpc) is 2.56. The van der Waals surface area contributed by atoms with Gasteiger partial charge in [-0.3, -0.25) is 0 Å². The average molecular weight is 243 g/mol. The van der Waals surface area contributed by atoms with E-state index in [0.717, 1.165) is 37.3 Å². The van der Waals surface area contributed by atoms with Gasteiger partial charge in [0, 0.05) is 12.5 Å². The largest absolute Gasteiger partial charge is 0.330 e. The third kappa shape index (κ3) is 1.87. The quantitative estimate of drug-likeness (QED) is 0.841. The molecule has 1 aliphatic heterocycles. The molecule has 0 spiro atoms. The molecule has 0 amide bonds. The van der Waals surface area contributed by atoms with Gasteiger partial charge in [0.15, 0.2) is 5.03 Å². The smallest absolute Gasteiger partial charge is 0.257 e. The van der Waals surface area contributed by atoms with Gasteiger partial charge < -0.3 is 4.57 Å². The van der Waals surface area contributed by atoms with E-state index in [1.54, 1.807) is 0 Å². The first-order valence-corrected chi connectivity index (χ1v) is 7.08. The van der Waals surface area contributed by atoms with Crippen LogP contribution in [0.15, 0.2) is 5.03 Å². The van der Waals surface area contributed by atoms with E-state index >= 15 is 0 Å². The normalized spacial score (nSPS) is 16.5. The second kappa shape index (κ2) is 3.85. The number of nitrogens with two attached hydrogens (primary N) is 1. The molecule has 0 radical (unpaired) electrons. The Morgan fingerprint density at radius 2 is 2.06 bits per heavy atom. The summed E-state index contributed by atoms with van der Waals surface area (Å²) in [4.78, 5) is 4.21. The van der Waals surface area contributed by atoms with Crippen LogP contribution in [-0.4, -0.2) is 18.0 Å². The molecule has 0 aliphatic carbocycles. The minimum atomic E-state index is -3.69. The number of hydrogen-bond donors (Lipinski definition) is 1. The molecule has 2 N–H and O–H groups in total. The van der Waals surface area contributed by atoms with Crippen LogP contribution in [-0.2, 0) is 23.0 Å². The Hall–Kier alpha value is -0.880. The third-order valence-corrected chi connectivity index (χ3v) is 3.76. The summed E-state index contributed by atoms with van der Waals surface area (Å²) in [5, 5.41) is 5.27. The van der Waals surface area contributed by atoms with Gasteiger partial charge >= 0.3 is 0 Å². The van der Waals surface area contributed by atoms with Crippen molar-refractivity contribution in [3.8, 4) is 0 Å². The van der Waals surface area contributed by atoms with Crippen molar-refractivity contribution in [3.05, 3.63) is 11.5 Å². The number of imidazole rings is 1. The molecule has 6 heteroatoms. The van der Waals surface area contributed by atoms with Crippen molar-refractivity contribution in [3.63, 3.8) is 0 Å². The van der Waals surface area contributed by atoms with E-state index in [-0.39, 0.29) is 10.9 Å². The molecule has 90 valence electrons. The third-order valence-electron chi connectivity index (χ3n) is 2.90. The zero-order chi connectivity index (χ0) is 11.9. The number of fused-ring (bicyclic) bond motifs is 1. The highest BCUT2D eigenvalue weighted by atomic mass is 32.2. The van der Waals surface area contributed by atoms with Gasteiger partial charge in [-0.05, 0) is 19.3 Å². The van der Waals surface area contributed by atoms with Gasteiger partial charge in [0.2, 0.25) is 0 Å².